The summed E-state index contributed by atoms with van der Waals surface area (Å²) in [4.78, 5) is 19.3. The predicted molar refractivity (Wildman–Crippen MR) is 114 cm³/mol. The van der Waals surface area contributed by atoms with Gasteiger partial charge in [-0.3, -0.25) is 0 Å². The summed E-state index contributed by atoms with van der Waals surface area (Å²) < 4.78 is 20.2. The highest BCUT2D eigenvalue weighted by atomic mass is 19.1. The lowest BCUT2D eigenvalue weighted by molar-refractivity contribution is 0.0594. The van der Waals surface area contributed by atoms with Crippen LogP contribution in [0, 0.1) is 5.82 Å². The molecular weight excluding hydrogens is 399 g/mol. The van der Waals surface area contributed by atoms with Crippen LogP contribution in [0.2, 0.25) is 0 Å². The molecule has 0 bridgehead atoms. The lowest BCUT2D eigenvalue weighted by Gasteiger charge is -2.33. The van der Waals surface area contributed by atoms with Crippen molar-refractivity contribution in [2.24, 2.45) is 0 Å². The van der Waals surface area contributed by atoms with Crippen molar-refractivity contribution in [3.05, 3.63) is 47.5 Å². The predicted octanol–water partition coefficient (Wildman–Crippen LogP) is 3.57. The van der Waals surface area contributed by atoms with Crippen molar-refractivity contribution in [1.82, 2.24) is 14.8 Å². The first-order valence-corrected chi connectivity index (χ1v) is 10.8. The minimum Gasteiger partial charge on any atom is -0.464 e. The number of pyridine rings is 1. The van der Waals surface area contributed by atoms with E-state index in [1.54, 1.807) is 22.9 Å². The Morgan fingerprint density at radius 1 is 1.16 bits per heavy atom. The number of hydrogen-bond donors (Lipinski definition) is 1. The highest BCUT2D eigenvalue weighted by molar-refractivity contribution is 5.99. The first kappa shape index (κ1) is 19.9. The second kappa shape index (κ2) is 7.92. The Balaban J connectivity index is 1.75. The molecule has 0 amide bonds. The van der Waals surface area contributed by atoms with Crippen LogP contribution in [0.5, 0.6) is 0 Å². The maximum atomic E-state index is 13.5. The molecule has 1 saturated heterocycles. The highest BCUT2D eigenvalue weighted by Crippen LogP contribution is 2.43. The number of methoxy groups -OCH3 is 1. The summed E-state index contributed by atoms with van der Waals surface area (Å²) in [6, 6.07) is 7.89. The number of esters is 1. The summed E-state index contributed by atoms with van der Waals surface area (Å²) >= 11 is 0. The van der Waals surface area contributed by atoms with Gasteiger partial charge in [-0.2, -0.15) is 5.10 Å². The first-order chi connectivity index (χ1) is 15.0. The van der Waals surface area contributed by atoms with Crippen LogP contribution in [0.1, 0.15) is 54.2 Å². The average Bonchev–Trinajstić information content (AvgIpc) is 3.11. The molecule has 31 heavy (non-hydrogen) atoms. The largest absolute Gasteiger partial charge is 0.464 e. The van der Waals surface area contributed by atoms with Gasteiger partial charge in [-0.25, -0.2) is 18.9 Å². The van der Waals surface area contributed by atoms with E-state index >= 15 is 0 Å². The number of halogens is 1. The van der Waals surface area contributed by atoms with Crippen LogP contribution in [0.15, 0.2) is 30.3 Å². The fraction of sp³-hybridized carbons (Fsp3) is 0.435. The van der Waals surface area contributed by atoms with Crippen molar-refractivity contribution in [2.75, 3.05) is 25.1 Å². The molecule has 162 valence electrons. The summed E-state index contributed by atoms with van der Waals surface area (Å²) in [5.41, 5.74) is 3.33. The van der Waals surface area contributed by atoms with E-state index in [0.717, 1.165) is 36.0 Å². The molecule has 8 heteroatoms. The van der Waals surface area contributed by atoms with Gasteiger partial charge in [-0.15, -0.1) is 0 Å². The van der Waals surface area contributed by atoms with Gasteiger partial charge in [-0.1, -0.05) is 6.42 Å². The summed E-state index contributed by atoms with van der Waals surface area (Å²) in [6.07, 6.45) is 4.32. The van der Waals surface area contributed by atoms with E-state index in [0.29, 0.717) is 43.2 Å². The maximum Gasteiger partial charge on any atom is 0.356 e. The van der Waals surface area contributed by atoms with Crippen LogP contribution in [0.4, 0.5) is 10.1 Å². The van der Waals surface area contributed by atoms with Crippen LogP contribution in [-0.2, 0) is 4.74 Å². The normalized spacial score (nSPS) is 17.7. The van der Waals surface area contributed by atoms with E-state index < -0.39 is 5.97 Å². The number of fused-ring (bicyclic) bond motifs is 1. The second-order valence-electron chi connectivity index (χ2n) is 8.34. The van der Waals surface area contributed by atoms with Crippen LogP contribution in [0.25, 0.3) is 16.7 Å². The van der Waals surface area contributed by atoms with Gasteiger partial charge in [0, 0.05) is 19.0 Å². The molecule has 0 unspecified atom stereocenters. The minimum atomic E-state index is -0.516. The molecule has 1 aliphatic heterocycles. The molecule has 0 atom stereocenters. The van der Waals surface area contributed by atoms with E-state index in [4.69, 9.17) is 9.84 Å². The summed E-state index contributed by atoms with van der Waals surface area (Å²) in [5, 5.41) is 15.8. The Hall–Kier alpha value is -3.00. The number of ether oxygens (including phenoxy) is 1. The Labute approximate surface area is 179 Å². The second-order valence-corrected chi connectivity index (χ2v) is 8.34. The molecular formula is C23H25FN4O3. The van der Waals surface area contributed by atoms with Crippen molar-refractivity contribution in [3.63, 3.8) is 0 Å². The third kappa shape index (κ3) is 3.54. The Bertz CT molecular complexity index is 1120. The summed E-state index contributed by atoms with van der Waals surface area (Å²) in [5.74, 6) is -0.503. The minimum absolute atomic E-state index is 0.208. The fourth-order valence-electron chi connectivity index (χ4n) is 4.42. The number of rotatable bonds is 4. The van der Waals surface area contributed by atoms with Crippen molar-refractivity contribution in [2.45, 2.75) is 44.1 Å². The molecule has 1 aromatic carbocycles. The van der Waals surface area contributed by atoms with Gasteiger partial charge < -0.3 is 14.7 Å². The lowest BCUT2D eigenvalue weighted by Crippen LogP contribution is -2.36. The quantitative estimate of drug-likeness (QED) is 0.645. The van der Waals surface area contributed by atoms with Crippen molar-refractivity contribution < 1.29 is 19.0 Å². The zero-order chi connectivity index (χ0) is 21.5. The van der Waals surface area contributed by atoms with Gasteiger partial charge in [-0.05, 0) is 56.0 Å². The van der Waals surface area contributed by atoms with Gasteiger partial charge >= 0.3 is 5.97 Å². The highest BCUT2D eigenvalue weighted by Gasteiger charge is 2.31. The molecule has 7 nitrogen and oxygen atoms in total. The van der Waals surface area contributed by atoms with E-state index in [2.05, 4.69) is 9.88 Å². The van der Waals surface area contributed by atoms with Crippen LogP contribution < -0.4 is 4.90 Å². The number of aliphatic hydroxyl groups excluding tert-OH is 1. The SMILES string of the molecule is COC(=O)c1cc(N2CCC(O)CC2)c2c(C3CCC3)nn(-c3ccc(F)cc3)c2n1. The third-order valence-corrected chi connectivity index (χ3v) is 6.41. The number of aromatic nitrogens is 3. The molecule has 1 aliphatic carbocycles. The number of piperidine rings is 1. The molecule has 0 radical (unpaired) electrons. The monoisotopic (exact) mass is 424 g/mol. The van der Waals surface area contributed by atoms with Gasteiger partial charge in [0.15, 0.2) is 11.3 Å². The number of benzene rings is 1. The molecule has 2 fully saturated rings. The van der Waals surface area contributed by atoms with Crippen molar-refractivity contribution in [1.29, 1.82) is 0 Å². The zero-order valence-corrected chi connectivity index (χ0v) is 17.4. The molecule has 1 saturated carbocycles. The van der Waals surface area contributed by atoms with E-state index in [1.165, 1.54) is 19.2 Å². The maximum absolute atomic E-state index is 13.5. The standard InChI is InChI=1S/C23H25FN4O3/c1-31-23(30)18-13-19(27-11-9-17(29)10-12-27)20-21(14-3-2-4-14)26-28(22(20)25-18)16-7-5-15(24)6-8-16/h5-8,13-14,17,29H,2-4,9-12H2,1H3. The third-order valence-electron chi connectivity index (χ3n) is 6.41. The molecule has 1 N–H and O–H groups in total. The smallest absolute Gasteiger partial charge is 0.356 e. The molecule has 3 aromatic rings. The summed E-state index contributed by atoms with van der Waals surface area (Å²) in [7, 11) is 1.34. The number of carbonyl (C=O) groups is 1. The van der Waals surface area contributed by atoms with Gasteiger partial charge in [0.1, 0.15) is 5.82 Å². The fourth-order valence-corrected chi connectivity index (χ4v) is 4.42. The Kier molecular flexibility index (Phi) is 5.09. The van der Waals surface area contributed by atoms with Gasteiger partial charge in [0.05, 0.1) is 35.7 Å². The Morgan fingerprint density at radius 3 is 2.48 bits per heavy atom. The topological polar surface area (TPSA) is 80.5 Å². The number of aliphatic hydroxyl groups is 1. The van der Waals surface area contributed by atoms with E-state index in [1.807, 2.05) is 0 Å². The number of anilines is 1. The molecule has 0 spiro atoms. The number of carbonyl (C=O) groups excluding carboxylic acids is 1. The van der Waals surface area contributed by atoms with Crippen LogP contribution in [-0.4, -0.2) is 52.1 Å². The number of hydrogen-bond acceptors (Lipinski definition) is 6. The summed E-state index contributed by atoms with van der Waals surface area (Å²) in [6.45, 7) is 1.37. The van der Waals surface area contributed by atoms with Crippen molar-refractivity contribution >= 4 is 22.7 Å². The van der Waals surface area contributed by atoms with Gasteiger partial charge in [0.2, 0.25) is 0 Å². The average molecular weight is 424 g/mol. The molecule has 5 rings (SSSR count). The van der Waals surface area contributed by atoms with Crippen molar-refractivity contribution in [3.8, 4) is 5.69 Å². The molecule has 2 aromatic heterocycles. The Morgan fingerprint density at radius 2 is 1.87 bits per heavy atom. The van der Waals surface area contributed by atoms with Crippen LogP contribution >= 0.6 is 0 Å². The number of nitrogens with zero attached hydrogens (tertiary/aromatic N) is 4. The first-order valence-electron chi connectivity index (χ1n) is 10.8. The molecule has 2 aliphatic rings. The van der Waals surface area contributed by atoms with E-state index in [9.17, 15) is 14.3 Å². The zero-order valence-electron chi connectivity index (χ0n) is 17.4. The lowest BCUT2D eigenvalue weighted by atomic mass is 9.82. The molecule has 3 heterocycles. The van der Waals surface area contributed by atoms with Gasteiger partial charge in [0.25, 0.3) is 0 Å². The van der Waals surface area contributed by atoms with E-state index in [-0.39, 0.29) is 17.6 Å². The van der Waals surface area contributed by atoms with Crippen LogP contribution in [0.3, 0.4) is 0 Å².